The Morgan fingerprint density at radius 3 is 2.96 bits per heavy atom. The number of hydrogen-bond donors (Lipinski definition) is 2. The van der Waals surface area contributed by atoms with Crippen molar-refractivity contribution < 1.29 is 4.79 Å². The molecule has 126 valence electrons. The fraction of sp³-hybridized carbons (Fsp3) is 0.389. The normalized spacial score (nSPS) is 20.3. The van der Waals surface area contributed by atoms with Crippen LogP contribution in [0.25, 0.3) is 0 Å². The number of hydrogen-bond acceptors (Lipinski definition) is 4. The van der Waals surface area contributed by atoms with Gasteiger partial charge in [-0.05, 0) is 31.0 Å². The lowest BCUT2D eigenvalue weighted by molar-refractivity contribution is 0.0957. The number of aromatic nitrogens is 3. The van der Waals surface area contributed by atoms with Crippen LogP contribution in [0.5, 0.6) is 0 Å². The minimum atomic E-state index is -0.138. The summed E-state index contributed by atoms with van der Waals surface area (Å²) in [5.41, 5.74) is 0.551. The Morgan fingerprint density at radius 2 is 2.25 bits per heavy atom. The summed E-state index contributed by atoms with van der Waals surface area (Å²) in [4.78, 5) is 16.3. The molecule has 2 aromatic rings. The second-order valence-electron chi connectivity index (χ2n) is 6.02. The quantitative estimate of drug-likeness (QED) is 0.801. The van der Waals surface area contributed by atoms with Gasteiger partial charge in [-0.15, -0.1) is 6.58 Å². The van der Waals surface area contributed by atoms with Crippen molar-refractivity contribution in [2.24, 2.45) is 0 Å². The molecule has 0 unspecified atom stereocenters. The van der Waals surface area contributed by atoms with Gasteiger partial charge in [0.15, 0.2) is 0 Å². The van der Waals surface area contributed by atoms with Crippen molar-refractivity contribution in [1.82, 2.24) is 20.1 Å². The predicted molar refractivity (Wildman–Crippen MR) is 93.9 cm³/mol. The fourth-order valence-corrected chi connectivity index (χ4v) is 3.14. The van der Waals surface area contributed by atoms with E-state index < -0.39 is 0 Å². The Bertz CT molecular complexity index is 665. The SMILES string of the molecule is C=CCNC(=O)c1ccc(N[C@@H]2CCCC[C@H]2n2cccn2)nc1. The Kier molecular flexibility index (Phi) is 5.25. The van der Waals surface area contributed by atoms with E-state index in [1.54, 1.807) is 18.3 Å². The molecule has 2 N–H and O–H groups in total. The van der Waals surface area contributed by atoms with E-state index >= 15 is 0 Å². The third kappa shape index (κ3) is 3.82. The molecule has 0 radical (unpaired) electrons. The average Bonchev–Trinajstić information content (AvgIpc) is 3.15. The number of carbonyl (C=O) groups is 1. The Morgan fingerprint density at radius 1 is 1.38 bits per heavy atom. The first-order chi connectivity index (χ1) is 11.8. The van der Waals surface area contributed by atoms with Crippen LogP contribution in [0.1, 0.15) is 42.1 Å². The molecule has 0 saturated heterocycles. The van der Waals surface area contributed by atoms with E-state index in [1.165, 1.54) is 12.8 Å². The fourth-order valence-electron chi connectivity index (χ4n) is 3.14. The van der Waals surface area contributed by atoms with Crippen LogP contribution < -0.4 is 10.6 Å². The lowest BCUT2D eigenvalue weighted by Crippen LogP contribution is -2.34. The van der Waals surface area contributed by atoms with E-state index in [-0.39, 0.29) is 5.91 Å². The maximum atomic E-state index is 11.9. The summed E-state index contributed by atoms with van der Waals surface area (Å²) in [6.07, 6.45) is 11.7. The number of nitrogens with zero attached hydrogens (tertiary/aromatic N) is 3. The molecule has 2 heterocycles. The smallest absolute Gasteiger partial charge is 0.253 e. The van der Waals surface area contributed by atoms with E-state index in [1.807, 2.05) is 29.2 Å². The first kappa shape index (κ1) is 16.2. The van der Waals surface area contributed by atoms with Crippen molar-refractivity contribution in [3.8, 4) is 0 Å². The van der Waals surface area contributed by atoms with E-state index in [2.05, 4.69) is 27.3 Å². The Balaban J connectivity index is 1.66. The highest BCUT2D eigenvalue weighted by molar-refractivity contribution is 5.94. The molecule has 1 fully saturated rings. The van der Waals surface area contributed by atoms with Crippen molar-refractivity contribution in [2.75, 3.05) is 11.9 Å². The van der Waals surface area contributed by atoms with Gasteiger partial charge in [0.25, 0.3) is 5.91 Å². The molecule has 0 aliphatic heterocycles. The van der Waals surface area contributed by atoms with Gasteiger partial charge in [0.05, 0.1) is 11.6 Å². The van der Waals surface area contributed by atoms with Gasteiger partial charge in [-0.25, -0.2) is 4.98 Å². The van der Waals surface area contributed by atoms with E-state index in [9.17, 15) is 4.79 Å². The van der Waals surface area contributed by atoms with Crippen LogP contribution in [-0.4, -0.2) is 33.3 Å². The van der Waals surface area contributed by atoms with E-state index in [0.717, 1.165) is 18.7 Å². The minimum absolute atomic E-state index is 0.138. The van der Waals surface area contributed by atoms with Crippen molar-refractivity contribution in [2.45, 2.75) is 37.8 Å². The van der Waals surface area contributed by atoms with Gasteiger partial charge >= 0.3 is 0 Å². The van der Waals surface area contributed by atoms with Crippen molar-refractivity contribution >= 4 is 11.7 Å². The zero-order valence-corrected chi connectivity index (χ0v) is 13.7. The minimum Gasteiger partial charge on any atom is -0.365 e. The second-order valence-corrected chi connectivity index (χ2v) is 6.02. The summed E-state index contributed by atoms with van der Waals surface area (Å²) in [5, 5.41) is 10.6. The van der Waals surface area contributed by atoms with Gasteiger partial charge in [-0.1, -0.05) is 18.9 Å². The molecule has 6 nitrogen and oxygen atoms in total. The largest absolute Gasteiger partial charge is 0.365 e. The highest BCUT2D eigenvalue weighted by atomic mass is 16.1. The molecule has 0 aromatic carbocycles. The van der Waals surface area contributed by atoms with Crippen LogP contribution in [0.2, 0.25) is 0 Å². The number of anilines is 1. The Hall–Kier alpha value is -2.63. The van der Waals surface area contributed by atoms with Crippen molar-refractivity contribution in [3.05, 3.63) is 55.0 Å². The summed E-state index contributed by atoms with van der Waals surface area (Å²) >= 11 is 0. The molecule has 1 aliphatic carbocycles. The highest BCUT2D eigenvalue weighted by Gasteiger charge is 2.27. The van der Waals surface area contributed by atoms with E-state index in [4.69, 9.17) is 0 Å². The topological polar surface area (TPSA) is 71.8 Å². The van der Waals surface area contributed by atoms with Gasteiger partial charge in [0, 0.05) is 31.2 Å². The van der Waals surface area contributed by atoms with Crippen LogP contribution in [0.4, 0.5) is 5.82 Å². The average molecular weight is 325 g/mol. The van der Waals surface area contributed by atoms with Crippen LogP contribution >= 0.6 is 0 Å². The highest BCUT2D eigenvalue weighted by Crippen LogP contribution is 2.30. The van der Waals surface area contributed by atoms with E-state index in [0.29, 0.717) is 24.2 Å². The molecule has 1 saturated carbocycles. The van der Waals surface area contributed by atoms with Crippen LogP contribution in [0, 0.1) is 0 Å². The molecule has 1 amide bonds. The van der Waals surface area contributed by atoms with Gasteiger partial charge < -0.3 is 10.6 Å². The first-order valence-electron chi connectivity index (χ1n) is 8.39. The lowest BCUT2D eigenvalue weighted by atomic mass is 9.90. The number of rotatable bonds is 6. The lowest BCUT2D eigenvalue weighted by Gasteiger charge is -2.32. The molecular weight excluding hydrogens is 302 g/mol. The number of amides is 1. The predicted octanol–water partition coefficient (Wildman–Crippen LogP) is 2.79. The van der Waals surface area contributed by atoms with Crippen LogP contribution in [0.3, 0.4) is 0 Å². The zero-order valence-electron chi connectivity index (χ0n) is 13.7. The molecule has 3 rings (SSSR count). The molecule has 1 aliphatic rings. The summed E-state index contributed by atoms with van der Waals surface area (Å²) in [5.74, 6) is 0.653. The van der Waals surface area contributed by atoms with Crippen molar-refractivity contribution in [1.29, 1.82) is 0 Å². The summed E-state index contributed by atoms with van der Waals surface area (Å²) in [6, 6.07) is 6.25. The monoisotopic (exact) mass is 325 g/mol. The third-order valence-corrected chi connectivity index (χ3v) is 4.36. The molecule has 0 bridgehead atoms. The molecular formula is C18H23N5O. The van der Waals surface area contributed by atoms with Gasteiger partial charge in [-0.2, -0.15) is 5.10 Å². The van der Waals surface area contributed by atoms with Crippen LogP contribution in [-0.2, 0) is 0 Å². The van der Waals surface area contributed by atoms with Crippen LogP contribution in [0.15, 0.2) is 49.4 Å². The number of nitrogens with one attached hydrogen (secondary N) is 2. The molecule has 24 heavy (non-hydrogen) atoms. The molecule has 6 heteroatoms. The Labute approximate surface area is 142 Å². The molecule has 2 aromatic heterocycles. The maximum Gasteiger partial charge on any atom is 0.253 e. The van der Waals surface area contributed by atoms with Gasteiger partial charge in [0.2, 0.25) is 0 Å². The summed E-state index contributed by atoms with van der Waals surface area (Å²) in [6.45, 7) is 4.04. The molecule has 2 atom stereocenters. The summed E-state index contributed by atoms with van der Waals surface area (Å²) < 4.78 is 2.04. The second kappa shape index (κ2) is 7.77. The van der Waals surface area contributed by atoms with Gasteiger partial charge in [-0.3, -0.25) is 9.48 Å². The number of pyridine rings is 1. The van der Waals surface area contributed by atoms with Crippen molar-refractivity contribution in [3.63, 3.8) is 0 Å². The first-order valence-corrected chi connectivity index (χ1v) is 8.39. The maximum absolute atomic E-state index is 11.9. The molecule has 0 spiro atoms. The standard InChI is InChI=1S/C18H23N5O/c1-2-10-19-18(24)14-8-9-17(20-13-14)22-15-6-3-4-7-16(15)23-12-5-11-21-23/h2,5,8-9,11-13,15-16H,1,3-4,6-7,10H2,(H,19,24)(H,20,22)/t15-,16-/m1/s1. The summed E-state index contributed by atoms with van der Waals surface area (Å²) in [7, 11) is 0. The zero-order chi connectivity index (χ0) is 16.8. The van der Waals surface area contributed by atoms with Gasteiger partial charge in [0.1, 0.15) is 5.82 Å². The number of carbonyl (C=O) groups excluding carboxylic acids is 1. The third-order valence-electron chi connectivity index (χ3n) is 4.36.